The first-order valence-electron chi connectivity index (χ1n) is 5.10. The molecule has 1 N–H and O–H groups in total. The van der Waals surface area contributed by atoms with Gasteiger partial charge in [-0.05, 0) is 12.0 Å². The van der Waals surface area contributed by atoms with Gasteiger partial charge in [0.15, 0.2) is 0 Å². The Hall–Kier alpha value is -1.02. The molecular formula is C12H16O2. The van der Waals surface area contributed by atoms with E-state index in [-0.39, 0.29) is 12.0 Å². The van der Waals surface area contributed by atoms with Crippen molar-refractivity contribution in [2.45, 2.75) is 25.9 Å². The number of rotatable bonds is 1. The van der Waals surface area contributed by atoms with Gasteiger partial charge in [0.05, 0.1) is 6.10 Å². The molecule has 1 aromatic carbocycles. The van der Waals surface area contributed by atoms with Gasteiger partial charge in [0.1, 0.15) is 12.4 Å². The summed E-state index contributed by atoms with van der Waals surface area (Å²) in [6, 6.07) is 7.97. The van der Waals surface area contributed by atoms with E-state index >= 15 is 0 Å². The Morgan fingerprint density at radius 2 is 2.07 bits per heavy atom. The molecule has 2 unspecified atom stereocenters. The van der Waals surface area contributed by atoms with E-state index in [0.717, 1.165) is 11.3 Å². The van der Waals surface area contributed by atoms with Crippen LogP contribution in [-0.2, 0) is 0 Å². The highest BCUT2D eigenvalue weighted by atomic mass is 16.5. The molecule has 1 aliphatic rings. The summed E-state index contributed by atoms with van der Waals surface area (Å²) in [5.74, 6) is 1.58. The molecule has 1 aromatic rings. The van der Waals surface area contributed by atoms with Crippen molar-refractivity contribution in [2.75, 3.05) is 6.61 Å². The molecule has 1 heterocycles. The lowest BCUT2D eigenvalue weighted by molar-refractivity contribution is 0.0516. The van der Waals surface area contributed by atoms with Gasteiger partial charge in [0, 0.05) is 11.5 Å². The van der Waals surface area contributed by atoms with Crippen LogP contribution >= 0.6 is 0 Å². The highest BCUT2D eigenvalue weighted by Crippen LogP contribution is 2.37. The Kier molecular flexibility index (Phi) is 2.46. The van der Waals surface area contributed by atoms with E-state index in [1.165, 1.54) is 0 Å². The summed E-state index contributed by atoms with van der Waals surface area (Å²) in [7, 11) is 0. The van der Waals surface area contributed by atoms with Gasteiger partial charge in [-0.1, -0.05) is 32.0 Å². The van der Waals surface area contributed by atoms with Gasteiger partial charge in [-0.15, -0.1) is 0 Å². The molecule has 1 aliphatic heterocycles. The van der Waals surface area contributed by atoms with Crippen molar-refractivity contribution in [1.82, 2.24) is 0 Å². The molecule has 0 fully saturated rings. The van der Waals surface area contributed by atoms with Crippen LogP contribution in [0.1, 0.15) is 25.3 Å². The normalized spacial score (nSPS) is 25.7. The summed E-state index contributed by atoms with van der Waals surface area (Å²) in [6.45, 7) is 4.69. The molecule has 0 saturated heterocycles. The highest BCUT2D eigenvalue weighted by Gasteiger charge is 2.31. The monoisotopic (exact) mass is 192 g/mol. The van der Waals surface area contributed by atoms with Crippen molar-refractivity contribution >= 4 is 0 Å². The highest BCUT2D eigenvalue weighted by molar-refractivity contribution is 5.39. The lowest BCUT2D eigenvalue weighted by Crippen LogP contribution is -2.33. The Bertz CT molecular complexity index is 320. The fraction of sp³-hybridized carbons (Fsp3) is 0.500. The van der Waals surface area contributed by atoms with E-state index in [2.05, 4.69) is 13.8 Å². The summed E-state index contributed by atoms with van der Waals surface area (Å²) < 4.78 is 5.47. The number of aliphatic hydroxyl groups is 1. The maximum absolute atomic E-state index is 9.86. The third kappa shape index (κ3) is 1.50. The van der Waals surface area contributed by atoms with Gasteiger partial charge >= 0.3 is 0 Å². The second kappa shape index (κ2) is 3.62. The predicted molar refractivity (Wildman–Crippen MR) is 55.5 cm³/mol. The topological polar surface area (TPSA) is 29.5 Å². The molecule has 2 atom stereocenters. The standard InChI is InChI=1S/C12H16O2/c1-8(2)12-9-5-3-4-6-11(9)14-7-10(12)13/h3-6,8,10,12-13H,7H2,1-2H3. The average Bonchev–Trinajstić information content (AvgIpc) is 2.17. The molecule has 2 heteroatoms. The van der Waals surface area contributed by atoms with Crippen LogP contribution in [0.4, 0.5) is 0 Å². The van der Waals surface area contributed by atoms with E-state index < -0.39 is 0 Å². The summed E-state index contributed by atoms with van der Waals surface area (Å²) in [5, 5.41) is 9.86. The van der Waals surface area contributed by atoms with E-state index in [1.54, 1.807) is 0 Å². The number of para-hydroxylation sites is 1. The first-order chi connectivity index (χ1) is 6.70. The minimum absolute atomic E-state index is 0.208. The van der Waals surface area contributed by atoms with E-state index in [4.69, 9.17) is 4.74 Å². The van der Waals surface area contributed by atoms with E-state index in [9.17, 15) is 5.11 Å². The summed E-state index contributed by atoms with van der Waals surface area (Å²) in [5.41, 5.74) is 1.14. The molecule has 76 valence electrons. The van der Waals surface area contributed by atoms with Crippen molar-refractivity contribution in [3.8, 4) is 5.75 Å². The molecule has 0 radical (unpaired) electrons. The largest absolute Gasteiger partial charge is 0.491 e. The van der Waals surface area contributed by atoms with Crippen molar-refractivity contribution in [1.29, 1.82) is 0 Å². The zero-order valence-electron chi connectivity index (χ0n) is 8.60. The minimum atomic E-state index is -0.370. The van der Waals surface area contributed by atoms with Gasteiger partial charge in [-0.25, -0.2) is 0 Å². The SMILES string of the molecule is CC(C)C1c2ccccc2OCC1O. The Morgan fingerprint density at radius 3 is 2.79 bits per heavy atom. The fourth-order valence-corrected chi connectivity index (χ4v) is 2.18. The van der Waals surface area contributed by atoms with Crippen LogP contribution in [0.25, 0.3) is 0 Å². The average molecular weight is 192 g/mol. The molecule has 0 aromatic heterocycles. The van der Waals surface area contributed by atoms with Gasteiger partial charge in [-0.2, -0.15) is 0 Å². The smallest absolute Gasteiger partial charge is 0.123 e. The number of benzene rings is 1. The molecule has 0 spiro atoms. The zero-order valence-corrected chi connectivity index (χ0v) is 8.60. The van der Waals surface area contributed by atoms with E-state index in [1.807, 2.05) is 24.3 Å². The van der Waals surface area contributed by atoms with Gasteiger partial charge < -0.3 is 9.84 Å². The van der Waals surface area contributed by atoms with Crippen molar-refractivity contribution < 1.29 is 9.84 Å². The quantitative estimate of drug-likeness (QED) is 0.739. The second-order valence-corrected chi connectivity index (χ2v) is 4.19. The molecule has 0 saturated carbocycles. The molecular weight excluding hydrogens is 176 g/mol. The number of ether oxygens (including phenoxy) is 1. The van der Waals surface area contributed by atoms with Crippen LogP contribution in [-0.4, -0.2) is 17.8 Å². The minimum Gasteiger partial charge on any atom is -0.491 e. The molecule has 2 rings (SSSR count). The van der Waals surface area contributed by atoms with Crippen molar-refractivity contribution in [3.63, 3.8) is 0 Å². The number of hydrogen-bond donors (Lipinski definition) is 1. The lowest BCUT2D eigenvalue weighted by atomic mass is 9.82. The van der Waals surface area contributed by atoms with Crippen LogP contribution in [0.2, 0.25) is 0 Å². The lowest BCUT2D eigenvalue weighted by Gasteiger charge is -2.32. The summed E-state index contributed by atoms with van der Waals surface area (Å²) in [6.07, 6.45) is -0.370. The Labute approximate surface area is 84.5 Å². The van der Waals surface area contributed by atoms with Gasteiger partial charge in [0.2, 0.25) is 0 Å². The van der Waals surface area contributed by atoms with Crippen LogP contribution in [0.3, 0.4) is 0 Å². The van der Waals surface area contributed by atoms with E-state index in [0.29, 0.717) is 12.5 Å². The van der Waals surface area contributed by atoms with Crippen LogP contribution in [0, 0.1) is 5.92 Å². The summed E-state index contributed by atoms with van der Waals surface area (Å²) >= 11 is 0. The first kappa shape index (κ1) is 9.53. The van der Waals surface area contributed by atoms with Crippen molar-refractivity contribution in [3.05, 3.63) is 29.8 Å². The van der Waals surface area contributed by atoms with Gasteiger partial charge in [-0.3, -0.25) is 0 Å². The van der Waals surface area contributed by atoms with Crippen LogP contribution in [0.15, 0.2) is 24.3 Å². The maximum atomic E-state index is 9.86. The van der Waals surface area contributed by atoms with Gasteiger partial charge in [0.25, 0.3) is 0 Å². The second-order valence-electron chi connectivity index (χ2n) is 4.19. The zero-order chi connectivity index (χ0) is 10.1. The first-order valence-corrected chi connectivity index (χ1v) is 5.10. The van der Waals surface area contributed by atoms with Crippen LogP contribution in [0.5, 0.6) is 5.75 Å². The number of aliphatic hydroxyl groups excluding tert-OH is 1. The summed E-state index contributed by atoms with van der Waals surface area (Å²) in [4.78, 5) is 0. The number of fused-ring (bicyclic) bond motifs is 1. The molecule has 0 bridgehead atoms. The molecule has 0 aliphatic carbocycles. The Morgan fingerprint density at radius 1 is 1.36 bits per heavy atom. The fourth-order valence-electron chi connectivity index (χ4n) is 2.18. The third-order valence-corrected chi connectivity index (χ3v) is 2.82. The Balaban J connectivity index is 2.41. The maximum Gasteiger partial charge on any atom is 0.123 e. The van der Waals surface area contributed by atoms with Crippen molar-refractivity contribution in [2.24, 2.45) is 5.92 Å². The predicted octanol–water partition coefficient (Wildman–Crippen LogP) is 2.18. The van der Waals surface area contributed by atoms with Crippen LogP contribution < -0.4 is 4.74 Å². The number of hydrogen-bond acceptors (Lipinski definition) is 2. The third-order valence-electron chi connectivity index (χ3n) is 2.82. The molecule has 2 nitrogen and oxygen atoms in total. The molecule has 0 amide bonds. The molecule has 14 heavy (non-hydrogen) atoms.